The quantitative estimate of drug-likeness (QED) is 0.780. The fourth-order valence-electron chi connectivity index (χ4n) is 3.58. The van der Waals surface area contributed by atoms with E-state index in [4.69, 9.17) is 4.74 Å². The first kappa shape index (κ1) is 14.9. The summed E-state index contributed by atoms with van der Waals surface area (Å²) >= 11 is 0. The predicted molar refractivity (Wildman–Crippen MR) is 84.8 cm³/mol. The SMILES string of the molecule is Cc1cc(C)n2nc(C(=O)N3CCC4(CN(C)C(=O)O4)C3)cc2n1. The zero-order valence-electron chi connectivity index (χ0n) is 13.9. The largest absolute Gasteiger partial charge is 0.439 e. The van der Waals surface area contributed by atoms with Crippen molar-refractivity contribution >= 4 is 17.6 Å². The van der Waals surface area contributed by atoms with E-state index in [2.05, 4.69) is 10.1 Å². The molecule has 0 aliphatic carbocycles. The maximum absolute atomic E-state index is 12.8. The summed E-state index contributed by atoms with van der Waals surface area (Å²) in [5, 5.41) is 4.39. The van der Waals surface area contributed by atoms with Crippen molar-refractivity contribution in [3.05, 3.63) is 29.2 Å². The van der Waals surface area contributed by atoms with Crippen molar-refractivity contribution in [3.63, 3.8) is 0 Å². The van der Waals surface area contributed by atoms with Crippen LogP contribution in [0.15, 0.2) is 12.1 Å². The second kappa shape index (κ2) is 4.93. The molecule has 24 heavy (non-hydrogen) atoms. The summed E-state index contributed by atoms with van der Waals surface area (Å²) in [5.41, 5.74) is 2.27. The van der Waals surface area contributed by atoms with Crippen LogP contribution in [0, 0.1) is 13.8 Å². The molecule has 0 bridgehead atoms. The van der Waals surface area contributed by atoms with Gasteiger partial charge in [0.2, 0.25) is 0 Å². The number of likely N-dealkylation sites (N-methyl/N-ethyl adjacent to an activating group) is 1. The molecule has 2 fully saturated rings. The van der Waals surface area contributed by atoms with Crippen molar-refractivity contribution in [2.45, 2.75) is 25.9 Å². The number of amides is 2. The van der Waals surface area contributed by atoms with Crippen molar-refractivity contribution < 1.29 is 14.3 Å². The number of nitrogens with zero attached hydrogens (tertiary/aromatic N) is 5. The average molecular weight is 329 g/mol. The Labute approximate surface area is 139 Å². The second-order valence-electron chi connectivity index (χ2n) is 6.72. The Hall–Kier alpha value is -2.64. The number of carbonyl (C=O) groups is 2. The molecule has 2 aromatic rings. The summed E-state index contributed by atoms with van der Waals surface area (Å²) in [5.74, 6) is -0.153. The number of ether oxygens (including phenoxy) is 1. The van der Waals surface area contributed by atoms with Crippen LogP contribution in [0.4, 0.5) is 4.79 Å². The monoisotopic (exact) mass is 329 g/mol. The Kier molecular flexibility index (Phi) is 3.06. The molecular weight excluding hydrogens is 310 g/mol. The molecule has 0 radical (unpaired) electrons. The molecule has 0 saturated carbocycles. The van der Waals surface area contributed by atoms with Crippen LogP contribution in [0.25, 0.3) is 5.65 Å². The molecule has 1 spiro atoms. The van der Waals surface area contributed by atoms with Crippen LogP contribution in [0.5, 0.6) is 0 Å². The molecule has 126 valence electrons. The molecule has 8 nitrogen and oxygen atoms in total. The standard InChI is InChI=1S/C16H19N5O3/c1-10-6-11(2)21-13(17-10)7-12(18-21)14(22)20-5-4-16(9-20)8-19(3)15(23)24-16/h6-7H,4-5,8-9H2,1-3H3. The van der Waals surface area contributed by atoms with Crippen molar-refractivity contribution in [2.24, 2.45) is 0 Å². The van der Waals surface area contributed by atoms with Gasteiger partial charge >= 0.3 is 6.09 Å². The van der Waals surface area contributed by atoms with Crippen LogP contribution in [-0.4, -0.2) is 68.7 Å². The van der Waals surface area contributed by atoms with E-state index in [0.717, 1.165) is 11.4 Å². The Morgan fingerprint density at radius 1 is 1.29 bits per heavy atom. The number of carbonyl (C=O) groups excluding carboxylic acids is 2. The number of hydrogen-bond donors (Lipinski definition) is 0. The van der Waals surface area contributed by atoms with Gasteiger partial charge < -0.3 is 14.5 Å². The van der Waals surface area contributed by atoms with Crippen molar-refractivity contribution in [3.8, 4) is 0 Å². The lowest BCUT2D eigenvalue weighted by Crippen LogP contribution is -2.39. The van der Waals surface area contributed by atoms with Gasteiger partial charge in [0, 0.05) is 37.5 Å². The molecule has 2 aliphatic rings. The summed E-state index contributed by atoms with van der Waals surface area (Å²) in [6.07, 6.45) is 0.325. The summed E-state index contributed by atoms with van der Waals surface area (Å²) in [7, 11) is 1.71. The van der Waals surface area contributed by atoms with E-state index in [-0.39, 0.29) is 12.0 Å². The molecule has 2 aromatic heterocycles. The van der Waals surface area contributed by atoms with E-state index >= 15 is 0 Å². The average Bonchev–Trinajstić information content (AvgIpc) is 3.17. The summed E-state index contributed by atoms with van der Waals surface area (Å²) in [6.45, 7) is 5.32. The van der Waals surface area contributed by atoms with Gasteiger partial charge in [-0.25, -0.2) is 14.3 Å². The highest BCUT2D eigenvalue weighted by atomic mass is 16.6. The van der Waals surface area contributed by atoms with Gasteiger partial charge in [-0.05, 0) is 19.9 Å². The van der Waals surface area contributed by atoms with E-state index in [9.17, 15) is 9.59 Å². The molecule has 2 amide bonds. The third kappa shape index (κ3) is 2.21. The van der Waals surface area contributed by atoms with Gasteiger partial charge in [-0.1, -0.05) is 0 Å². The summed E-state index contributed by atoms with van der Waals surface area (Å²) < 4.78 is 7.16. The van der Waals surface area contributed by atoms with Crippen LogP contribution in [0.3, 0.4) is 0 Å². The summed E-state index contributed by atoms with van der Waals surface area (Å²) in [6, 6.07) is 3.63. The number of likely N-dealkylation sites (tertiary alicyclic amines) is 1. The number of aromatic nitrogens is 3. The summed E-state index contributed by atoms with van der Waals surface area (Å²) in [4.78, 5) is 32.1. The Morgan fingerprint density at radius 2 is 2.08 bits per heavy atom. The molecule has 0 N–H and O–H groups in total. The zero-order chi connectivity index (χ0) is 17.1. The van der Waals surface area contributed by atoms with Gasteiger partial charge in [-0.3, -0.25) is 4.79 Å². The third-order valence-electron chi connectivity index (χ3n) is 4.70. The van der Waals surface area contributed by atoms with Gasteiger partial charge in [0.1, 0.15) is 0 Å². The van der Waals surface area contributed by atoms with Gasteiger partial charge in [0.25, 0.3) is 5.91 Å². The molecule has 2 aliphatic heterocycles. The minimum absolute atomic E-state index is 0.153. The van der Waals surface area contributed by atoms with Crippen LogP contribution < -0.4 is 0 Å². The van der Waals surface area contributed by atoms with Crippen LogP contribution in [0.1, 0.15) is 28.3 Å². The lowest BCUT2D eigenvalue weighted by atomic mass is 10.0. The Bertz CT molecular complexity index is 861. The predicted octanol–water partition coefficient (Wildman–Crippen LogP) is 1.01. The highest BCUT2D eigenvalue weighted by Crippen LogP contribution is 2.32. The van der Waals surface area contributed by atoms with Gasteiger partial charge in [-0.2, -0.15) is 5.10 Å². The van der Waals surface area contributed by atoms with E-state index in [1.165, 1.54) is 0 Å². The molecule has 4 rings (SSSR count). The second-order valence-corrected chi connectivity index (χ2v) is 6.72. The normalized spacial score (nSPS) is 23.5. The number of rotatable bonds is 1. The highest BCUT2D eigenvalue weighted by molar-refractivity contribution is 5.93. The first-order valence-electron chi connectivity index (χ1n) is 7.94. The highest BCUT2D eigenvalue weighted by Gasteiger charge is 2.49. The fraction of sp³-hybridized carbons (Fsp3) is 0.500. The van der Waals surface area contributed by atoms with Crippen molar-refractivity contribution in [1.29, 1.82) is 0 Å². The van der Waals surface area contributed by atoms with Crippen molar-refractivity contribution in [1.82, 2.24) is 24.4 Å². The van der Waals surface area contributed by atoms with Crippen LogP contribution in [-0.2, 0) is 4.74 Å². The molecule has 1 unspecified atom stereocenters. The molecule has 1 atom stereocenters. The maximum Gasteiger partial charge on any atom is 0.410 e. The van der Waals surface area contributed by atoms with E-state index in [1.807, 2.05) is 19.9 Å². The van der Waals surface area contributed by atoms with Crippen molar-refractivity contribution in [2.75, 3.05) is 26.7 Å². The molecule has 8 heteroatoms. The third-order valence-corrected chi connectivity index (χ3v) is 4.70. The van der Waals surface area contributed by atoms with Crippen LogP contribution in [0.2, 0.25) is 0 Å². The lowest BCUT2D eigenvalue weighted by molar-refractivity contribution is 0.0550. The number of hydrogen-bond acceptors (Lipinski definition) is 5. The topological polar surface area (TPSA) is 80.0 Å². The Balaban J connectivity index is 1.59. The van der Waals surface area contributed by atoms with E-state index in [0.29, 0.717) is 37.4 Å². The molecule has 4 heterocycles. The number of fused-ring (bicyclic) bond motifs is 1. The maximum atomic E-state index is 12.8. The minimum Gasteiger partial charge on any atom is -0.439 e. The number of aryl methyl sites for hydroxylation is 2. The van der Waals surface area contributed by atoms with Gasteiger partial charge in [-0.15, -0.1) is 0 Å². The molecule has 0 aromatic carbocycles. The fourth-order valence-corrected chi connectivity index (χ4v) is 3.58. The Morgan fingerprint density at radius 3 is 2.79 bits per heavy atom. The smallest absolute Gasteiger partial charge is 0.410 e. The van der Waals surface area contributed by atoms with Gasteiger partial charge in [0.05, 0.1) is 13.1 Å². The zero-order valence-corrected chi connectivity index (χ0v) is 13.9. The van der Waals surface area contributed by atoms with E-state index in [1.54, 1.807) is 27.4 Å². The molecular formula is C16H19N5O3. The van der Waals surface area contributed by atoms with E-state index < -0.39 is 5.60 Å². The minimum atomic E-state index is -0.578. The van der Waals surface area contributed by atoms with Gasteiger partial charge in [0.15, 0.2) is 16.9 Å². The first-order valence-corrected chi connectivity index (χ1v) is 7.94. The first-order chi connectivity index (χ1) is 11.4. The van der Waals surface area contributed by atoms with Crippen LogP contribution >= 0.6 is 0 Å². The molecule has 2 saturated heterocycles. The lowest BCUT2D eigenvalue weighted by Gasteiger charge is -2.21.